The number of hydrogen-bond donors (Lipinski definition) is 3. The first kappa shape index (κ1) is 16.3. The Morgan fingerprint density at radius 3 is 2.60 bits per heavy atom. The highest BCUT2D eigenvalue weighted by molar-refractivity contribution is 5.80. The number of benzene rings is 1. The van der Waals surface area contributed by atoms with Gasteiger partial charge in [0.25, 0.3) is 0 Å². The molecule has 0 saturated heterocycles. The SMILES string of the molecule is CCC(CC(N)=NO)NC(C)COc1ccc(C)cc1. The van der Waals surface area contributed by atoms with Gasteiger partial charge in [-0.25, -0.2) is 0 Å². The van der Waals surface area contributed by atoms with Crippen LogP contribution in [0.25, 0.3) is 0 Å². The fourth-order valence-corrected chi connectivity index (χ4v) is 1.92. The number of nitrogens with one attached hydrogen (secondary N) is 1. The van der Waals surface area contributed by atoms with Gasteiger partial charge in [0.1, 0.15) is 18.2 Å². The van der Waals surface area contributed by atoms with Crippen LogP contribution in [-0.4, -0.2) is 29.7 Å². The molecule has 0 aliphatic heterocycles. The average Bonchev–Trinajstić information content (AvgIpc) is 2.45. The minimum Gasteiger partial charge on any atom is -0.492 e. The molecule has 20 heavy (non-hydrogen) atoms. The number of oxime groups is 1. The molecule has 0 aliphatic rings. The lowest BCUT2D eigenvalue weighted by Gasteiger charge is -2.22. The predicted molar refractivity (Wildman–Crippen MR) is 81.4 cm³/mol. The molecule has 0 heterocycles. The number of nitrogens with two attached hydrogens (primary N) is 1. The molecule has 0 saturated carbocycles. The second kappa shape index (κ2) is 8.43. The van der Waals surface area contributed by atoms with Crippen molar-refractivity contribution in [2.45, 2.75) is 45.7 Å². The van der Waals surface area contributed by atoms with Crippen LogP contribution in [0.4, 0.5) is 0 Å². The largest absolute Gasteiger partial charge is 0.492 e. The summed E-state index contributed by atoms with van der Waals surface area (Å²) in [6.07, 6.45) is 1.44. The lowest BCUT2D eigenvalue weighted by atomic mass is 10.1. The zero-order chi connectivity index (χ0) is 15.0. The van der Waals surface area contributed by atoms with Gasteiger partial charge in [-0.1, -0.05) is 29.8 Å². The summed E-state index contributed by atoms with van der Waals surface area (Å²) in [5.41, 5.74) is 6.75. The molecule has 0 fully saturated rings. The molecule has 0 aliphatic carbocycles. The van der Waals surface area contributed by atoms with Crippen LogP contribution in [0.2, 0.25) is 0 Å². The normalized spacial score (nSPS) is 14.8. The average molecular weight is 279 g/mol. The molecule has 2 unspecified atom stereocenters. The van der Waals surface area contributed by atoms with Crippen LogP contribution < -0.4 is 15.8 Å². The number of aryl methyl sites for hydroxylation is 1. The van der Waals surface area contributed by atoms with Crippen molar-refractivity contribution in [3.63, 3.8) is 0 Å². The van der Waals surface area contributed by atoms with Crippen molar-refractivity contribution in [3.05, 3.63) is 29.8 Å². The maximum Gasteiger partial charge on any atom is 0.140 e. The Morgan fingerprint density at radius 2 is 2.05 bits per heavy atom. The van der Waals surface area contributed by atoms with Crippen LogP contribution in [0.1, 0.15) is 32.3 Å². The summed E-state index contributed by atoms with van der Waals surface area (Å²) in [5.74, 6) is 1.12. The lowest BCUT2D eigenvalue weighted by Crippen LogP contribution is -2.41. The van der Waals surface area contributed by atoms with Gasteiger partial charge in [0.2, 0.25) is 0 Å². The van der Waals surface area contributed by atoms with Crippen LogP contribution in [0, 0.1) is 6.92 Å². The minimum absolute atomic E-state index is 0.183. The van der Waals surface area contributed by atoms with E-state index in [1.165, 1.54) is 5.56 Å². The van der Waals surface area contributed by atoms with E-state index in [9.17, 15) is 0 Å². The second-order valence-corrected chi connectivity index (χ2v) is 5.09. The first-order valence-electron chi connectivity index (χ1n) is 6.97. The van der Waals surface area contributed by atoms with Crippen LogP contribution >= 0.6 is 0 Å². The number of nitrogens with zero attached hydrogens (tertiary/aromatic N) is 1. The fraction of sp³-hybridized carbons (Fsp3) is 0.533. The monoisotopic (exact) mass is 279 g/mol. The van der Waals surface area contributed by atoms with E-state index >= 15 is 0 Å². The summed E-state index contributed by atoms with van der Waals surface area (Å²) in [6.45, 7) is 6.75. The molecule has 0 amide bonds. The van der Waals surface area contributed by atoms with Gasteiger partial charge < -0.3 is 21.0 Å². The fourth-order valence-electron chi connectivity index (χ4n) is 1.92. The Hall–Kier alpha value is -1.75. The molecule has 1 aromatic rings. The van der Waals surface area contributed by atoms with E-state index in [0.29, 0.717) is 13.0 Å². The van der Waals surface area contributed by atoms with Gasteiger partial charge in [-0.15, -0.1) is 0 Å². The first-order valence-corrected chi connectivity index (χ1v) is 6.97. The molecule has 0 bridgehead atoms. The highest BCUT2D eigenvalue weighted by Gasteiger charge is 2.12. The van der Waals surface area contributed by atoms with Gasteiger partial charge in [-0.05, 0) is 32.4 Å². The summed E-state index contributed by atoms with van der Waals surface area (Å²) in [4.78, 5) is 0. The van der Waals surface area contributed by atoms with E-state index in [-0.39, 0.29) is 17.9 Å². The van der Waals surface area contributed by atoms with Crippen molar-refractivity contribution < 1.29 is 9.94 Å². The third-order valence-corrected chi connectivity index (χ3v) is 3.12. The Kier molecular flexibility index (Phi) is 6.87. The van der Waals surface area contributed by atoms with Crippen LogP contribution in [0.15, 0.2) is 29.4 Å². The van der Waals surface area contributed by atoms with Gasteiger partial charge in [-0.2, -0.15) is 0 Å². The van der Waals surface area contributed by atoms with Crippen molar-refractivity contribution in [1.29, 1.82) is 0 Å². The molecule has 0 radical (unpaired) electrons. The first-order chi connectivity index (χ1) is 9.55. The zero-order valence-electron chi connectivity index (χ0n) is 12.5. The third-order valence-electron chi connectivity index (χ3n) is 3.12. The molecule has 2 atom stereocenters. The summed E-state index contributed by atoms with van der Waals surface area (Å²) in [5, 5.41) is 15.0. The lowest BCUT2D eigenvalue weighted by molar-refractivity contribution is 0.259. The summed E-state index contributed by atoms with van der Waals surface area (Å²) >= 11 is 0. The highest BCUT2D eigenvalue weighted by Crippen LogP contribution is 2.11. The molecule has 1 rings (SSSR count). The van der Waals surface area contributed by atoms with Crippen LogP contribution in [0.5, 0.6) is 5.75 Å². The van der Waals surface area contributed by atoms with Crippen LogP contribution in [-0.2, 0) is 0 Å². The Bertz CT molecular complexity index is 418. The van der Waals surface area contributed by atoms with Gasteiger partial charge in [-0.3, -0.25) is 0 Å². The predicted octanol–water partition coefficient (Wildman–Crippen LogP) is 2.27. The topological polar surface area (TPSA) is 79.9 Å². The second-order valence-electron chi connectivity index (χ2n) is 5.09. The van der Waals surface area contributed by atoms with Gasteiger partial charge in [0.05, 0.1) is 0 Å². The molecule has 112 valence electrons. The quantitative estimate of drug-likeness (QED) is 0.295. The van der Waals surface area contributed by atoms with Crippen LogP contribution in [0.3, 0.4) is 0 Å². The molecule has 1 aromatic carbocycles. The molecule has 0 aromatic heterocycles. The summed E-state index contributed by atoms with van der Waals surface area (Å²) < 4.78 is 5.73. The van der Waals surface area contributed by atoms with Crippen molar-refractivity contribution in [1.82, 2.24) is 5.32 Å². The van der Waals surface area contributed by atoms with Gasteiger partial charge in [0, 0.05) is 18.5 Å². The summed E-state index contributed by atoms with van der Waals surface area (Å²) in [6, 6.07) is 8.36. The molecule has 4 N–H and O–H groups in total. The van der Waals surface area contributed by atoms with Crippen molar-refractivity contribution in [2.75, 3.05) is 6.61 Å². The molecular weight excluding hydrogens is 254 g/mol. The minimum atomic E-state index is 0.183. The Balaban J connectivity index is 2.38. The Labute approximate surface area is 120 Å². The van der Waals surface area contributed by atoms with E-state index in [4.69, 9.17) is 15.7 Å². The third kappa shape index (κ3) is 5.93. The standard InChI is InChI=1S/C15H25N3O2/c1-4-13(9-15(16)18-19)17-12(3)10-20-14-7-5-11(2)6-8-14/h5-8,12-13,17,19H,4,9-10H2,1-3H3,(H2,16,18). The van der Waals surface area contributed by atoms with Gasteiger partial charge in [0.15, 0.2) is 0 Å². The number of ether oxygens (including phenoxy) is 1. The molecule has 0 spiro atoms. The van der Waals surface area contributed by atoms with E-state index < -0.39 is 0 Å². The zero-order valence-corrected chi connectivity index (χ0v) is 12.5. The molecule has 5 heteroatoms. The van der Waals surface area contributed by atoms with E-state index in [0.717, 1.165) is 12.2 Å². The van der Waals surface area contributed by atoms with E-state index in [2.05, 4.69) is 24.3 Å². The maximum absolute atomic E-state index is 8.60. The number of rotatable bonds is 8. The smallest absolute Gasteiger partial charge is 0.140 e. The Morgan fingerprint density at radius 1 is 1.40 bits per heavy atom. The summed E-state index contributed by atoms with van der Waals surface area (Å²) in [7, 11) is 0. The number of amidine groups is 1. The van der Waals surface area contributed by atoms with Gasteiger partial charge >= 0.3 is 0 Å². The highest BCUT2D eigenvalue weighted by atomic mass is 16.5. The van der Waals surface area contributed by atoms with E-state index in [1.54, 1.807) is 0 Å². The van der Waals surface area contributed by atoms with Crippen molar-refractivity contribution in [3.8, 4) is 5.75 Å². The maximum atomic E-state index is 8.60. The van der Waals surface area contributed by atoms with Crippen molar-refractivity contribution in [2.24, 2.45) is 10.9 Å². The van der Waals surface area contributed by atoms with Crippen molar-refractivity contribution >= 4 is 5.84 Å². The molecular formula is C15H25N3O2. The number of hydrogen-bond acceptors (Lipinski definition) is 4. The van der Waals surface area contributed by atoms with E-state index in [1.807, 2.05) is 31.2 Å². The molecule has 5 nitrogen and oxygen atoms in total.